The Bertz CT molecular complexity index is 1260. The van der Waals surface area contributed by atoms with E-state index in [0.29, 0.717) is 35.5 Å². The van der Waals surface area contributed by atoms with E-state index in [1.165, 1.54) is 45.9 Å². The lowest BCUT2D eigenvalue weighted by molar-refractivity contribution is 0.00578. The number of amides is 2. The largest absolute Gasteiger partial charge is 0.494 e. The van der Waals surface area contributed by atoms with Gasteiger partial charge < -0.3 is 29.3 Å². The number of benzene rings is 2. The second kappa shape index (κ2) is 13.3. The smallest absolute Gasteiger partial charge is 0.399 e. The molecule has 2 saturated heterocycles. The Morgan fingerprint density at radius 3 is 1.27 bits per heavy atom. The van der Waals surface area contributed by atoms with E-state index in [0.717, 1.165) is 0 Å². The lowest BCUT2D eigenvalue weighted by Gasteiger charge is -2.32. The molecule has 0 saturated carbocycles. The molecule has 4 rings (SSSR count). The minimum atomic E-state index is -0.699. The number of hydrogen-bond acceptors (Lipinski definition) is 8. The molecule has 0 spiro atoms. The van der Waals surface area contributed by atoms with E-state index < -0.39 is 60.1 Å². The van der Waals surface area contributed by atoms with Crippen molar-refractivity contribution >= 4 is 58.6 Å². The van der Waals surface area contributed by atoms with Crippen LogP contribution < -0.4 is 21.6 Å². The molecule has 2 aromatic rings. The van der Waals surface area contributed by atoms with Gasteiger partial charge in [-0.05, 0) is 90.6 Å². The van der Waals surface area contributed by atoms with Crippen molar-refractivity contribution in [3.8, 4) is 0 Å². The number of carbonyl (C=O) groups is 2. The Balaban J connectivity index is 1.18. The fraction of sp³-hybridized carbons (Fsp3) is 0.533. The van der Waals surface area contributed by atoms with Gasteiger partial charge in [0.25, 0.3) is 11.8 Å². The number of carbonyl (C=O) groups excluding carboxylic acids is 2. The van der Waals surface area contributed by atoms with Crippen LogP contribution in [0.15, 0.2) is 36.4 Å². The Labute approximate surface area is 267 Å². The first kappa shape index (κ1) is 34.8. The third kappa shape index (κ3) is 7.64. The van der Waals surface area contributed by atoms with Crippen molar-refractivity contribution in [3.63, 3.8) is 0 Å². The number of rotatable bonds is 11. The highest BCUT2D eigenvalue weighted by atomic mass is 33.1. The third-order valence-electron chi connectivity index (χ3n) is 8.55. The van der Waals surface area contributed by atoms with Crippen LogP contribution in [-0.4, -0.2) is 73.1 Å². The fourth-order valence-electron chi connectivity index (χ4n) is 4.41. The van der Waals surface area contributed by atoms with E-state index in [2.05, 4.69) is 10.6 Å². The van der Waals surface area contributed by atoms with E-state index in [-0.39, 0.29) is 11.1 Å². The van der Waals surface area contributed by atoms with Crippen LogP contribution in [0.5, 0.6) is 0 Å². The predicted molar refractivity (Wildman–Crippen MR) is 174 cm³/mol. The number of nitrogens with one attached hydrogen (secondary N) is 2. The molecule has 2 aromatic carbocycles. The molecule has 2 aliphatic heterocycles. The molecule has 44 heavy (non-hydrogen) atoms. The molecule has 8 nitrogen and oxygen atoms in total. The Kier molecular flexibility index (Phi) is 10.5. The molecule has 0 radical (unpaired) electrons. The van der Waals surface area contributed by atoms with Crippen molar-refractivity contribution in [2.45, 2.75) is 77.8 Å². The lowest BCUT2D eigenvalue weighted by atomic mass is 9.78. The highest BCUT2D eigenvalue weighted by molar-refractivity contribution is 8.76. The maximum absolute atomic E-state index is 14.5. The van der Waals surface area contributed by atoms with Gasteiger partial charge in [0, 0.05) is 24.6 Å². The Morgan fingerprint density at radius 2 is 0.955 bits per heavy atom. The van der Waals surface area contributed by atoms with Crippen molar-refractivity contribution in [1.29, 1.82) is 0 Å². The van der Waals surface area contributed by atoms with Gasteiger partial charge in [-0.2, -0.15) is 0 Å². The first-order valence-corrected chi connectivity index (χ1v) is 17.0. The van der Waals surface area contributed by atoms with E-state index in [4.69, 9.17) is 18.6 Å². The maximum Gasteiger partial charge on any atom is 0.494 e. The van der Waals surface area contributed by atoms with Gasteiger partial charge in [-0.15, -0.1) is 0 Å². The molecular weight excluding hydrogens is 608 g/mol. The van der Waals surface area contributed by atoms with Crippen LogP contribution in [0.2, 0.25) is 0 Å². The van der Waals surface area contributed by atoms with Gasteiger partial charge in [-0.25, -0.2) is 8.78 Å². The van der Waals surface area contributed by atoms with Crippen LogP contribution in [-0.2, 0) is 18.6 Å². The minimum Gasteiger partial charge on any atom is -0.399 e. The number of halogens is 2. The summed E-state index contributed by atoms with van der Waals surface area (Å²) in [6, 6.07) is 8.53. The fourth-order valence-corrected chi connectivity index (χ4v) is 6.22. The summed E-state index contributed by atoms with van der Waals surface area (Å²) < 4.78 is 53.0. The van der Waals surface area contributed by atoms with E-state index in [9.17, 15) is 18.4 Å². The van der Waals surface area contributed by atoms with Crippen molar-refractivity contribution in [3.05, 3.63) is 59.2 Å². The third-order valence-corrected chi connectivity index (χ3v) is 11.0. The molecular formula is C30H40B2F2N2O6S2. The summed E-state index contributed by atoms with van der Waals surface area (Å²) in [6.07, 6.45) is 0. The molecule has 2 fully saturated rings. The molecule has 0 bridgehead atoms. The van der Waals surface area contributed by atoms with Gasteiger partial charge in [0.2, 0.25) is 0 Å². The predicted octanol–water partition coefficient (Wildman–Crippen LogP) is 4.10. The molecule has 2 aliphatic rings. The highest BCUT2D eigenvalue weighted by Gasteiger charge is 2.52. The summed E-state index contributed by atoms with van der Waals surface area (Å²) in [6.45, 7) is 16.1. The normalized spacial score (nSPS) is 19.7. The minimum absolute atomic E-state index is 0.0765. The van der Waals surface area contributed by atoms with Crippen LogP contribution in [0.3, 0.4) is 0 Å². The van der Waals surface area contributed by atoms with Gasteiger partial charge in [0.15, 0.2) is 0 Å². The molecule has 238 valence electrons. The molecule has 2 N–H and O–H groups in total. The summed E-state index contributed by atoms with van der Waals surface area (Å²) in [4.78, 5) is 25.4. The first-order valence-electron chi connectivity index (χ1n) is 14.6. The van der Waals surface area contributed by atoms with Crippen molar-refractivity contribution in [2.24, 2.45) is 0 Å². The van der Waals surface area contributed by atoms with Crippen LogP contribution >= 0.6 is 21.6 Å². The van der Waals surface area contributed by atoms with Gasteiger partial charge in [0.1, 0.15) is 11.6 Å². The molecule has 0 atom stereocenters. The second-order valence-corrected chi connectivity index (χ2v) is 15.5. The number of hydrogen-bond donors (Lipinski definition) is 2. The van der Waals surface area contributed by atoms with Crippen molar-refractivity contribution in [1.82, 2.24) is 10.6 Å². The van der Waals surface area contributed by atoms with Crippen molar-refractivity contribution < 1.29 is 37.0 Å². The summed E-state index contributed by atoms with van der Waals surface area (Å²) in [5, 5.41) is 5.48. The van der Waals surface area contributed by atoms with Gasteiger partial charge in [-0.1, -0.05) is 33.7 Å². The Morgan fingerprint density at radius 1 is 0.636 bits per heavy atom. The topological polar surface area (TPSA) is 95.1 Å². The molecule has 14 heteroatoms. The average Bonchev–Trinajstić information content (AvgIpc) is 3.29. The SMILES string of the molecule is CC1(C)OB(c2ccc(F)c(C(=O)NCCSSCCNC(=O)c3cc(B4OC(C)(C)C(C)(C)O4)ccc3F)c2)OC1(C)C. The van der Waals surface area contributed by atoms with Gasteiger partial charge >= 0.3 is 14.2 Å². The van der Waals surface area contributed by atoms with Crippen molar-refractivity contribution in [2.75, 3.05) is 24.6 Å². The zero-order valence-electron chi connectivity index (χ0n) is 26.5. The molecule has 2 amide bonds. The van der Waals surface area contributed by atoms with Crippen LogP contribution in [0, 0.1) is 11.6 Å². The Hall–Kier alpha value is -2.09. The molecule has 0 aliphatic carbocycles. The van der Waals surface area contributed by atoms with E-state index >= 15 is 0 Å². The zero-order chi connectivity index (χ0) is 32.5. The monoisotopic (exact) mass is 648 g/mol. The van der Waals surface area contributed by atoms with Crippen LogP contribution in [0.1, 0.15) is 76.1 Å². The lowest BCUT2D eigenvalue weighted by Crippen LogP contribution is -2.41. The highest BCUT2D eigenvalue weighted by Crippen LogP contribution is 2.37. The van der Waals surface area contributed by atoms with Crippen LogP contribution in [0.25, 0.3) is 0 Å². The standard InChI is InChI=1S/C30H40B2F2N2O6S2/c1-27(2)28(3,4)40-31(39-27)19-9-11-23(33)21(17-19)25(37)35-13-15-43-44-16-14-36-26(38)22-18-20(10-12-24(22)34)32-41-29(5,6)30(7,8)42-32/h9-12,17-18H,13-16H2,1-8H3,(H,35,37)(H,36,38). The molecule has 0 unspecified atom stereocenters. The van der Waals surface area contributed by atoms with Gasteiger partial charge in [-0.3, -0.25) is 9.59 Å². The molecule has 0 aromatic heterocycles. The summed E-state index contributed by atoms with van der Waals surface area (Å²) >= 11 is 0. The average molecular weight is 648 g/mol. The van der Waals surface area contributed by atoms with E-state index in [1.807, 2.05) is 55.4 Å². The summed E-state index contributed by atoms with van der Waals surface area (Å²) in [5.41, 5.74) is -1.22. The first-order chi connectivity index (χ1) is 20.4. The van der Waals surface area contributed by atoms with Crippen LogP contribution in [0.4, 0.5) is 8.78 Å². The second-order valence-electron chi connectivity index (χ2n) is 12.8. The zero-order valence-corrected chi connectivity index (χ0v) is 28.1. The summed E-state index contributed by atoms with van der Waals surface area (Å²) in [7, 11) is 1.60. The summed E-state index contributed by atoms with van der Waals surface area (Å²) in [5.74, 6) is -1.18. The van der Waals surface area contributed by atoms with E-state index in [1.54, 1.807) is 12.1 Å². The van der Waals surface area contributed by atoms with Gasteiger partial charge in [0.05, 0.1) is 33.5 Å². The maximum atomic E-state index is 14.5. The molecule has 2 heterocycles. The quantitative estimate of drug-likeness (QED) is 0.214.